The van der Waals surface area contributed by atoms with E-state index in [0.29, 0.717) is 0 Å². The monoisotopic (exact) mass is 278 g/mol. The Morgan fingerprint density at radius 2 is 1.83 bits per heavy atom. The summed E-state index contributed by atoms with van der Waals surface area (Å²) in [6, 6.07) is 0. The molecule has 0 N–H and O–H groups in total. The van der Waals surface area contributed by atoms with Gasteiger partial charge < -0.3 is 9.64 Å². The number of carbonyl (C=O) groups excluding carboxylic acids is 2. The van der Waals surface area contributed by atoms with Crippen LogP contribution in [0.1, 0.15) is 20.8 Å². The standard InChI is InChI=1S/C6H7NO3.C6H15N.ClH/c1-2-6(9)10-4-3-7-5-8;1-4-7(5-2)6-3;/h2H,1,3-4H2;4-6H2,1-3H3;1H. The van der Waals surface area contributed by atoms with Gasteiger partial charge in [-0.2, -0.15) is 0 Å². The molecule has 106 valence electrons. The topological polar surface area (TPSA) is 59.0 Å². The van der Waals surface area contributed by atoms with Gasteiger partial charge in [0.15, 0.2) is 0 Å². The first kappa shape index (κ1) is 22.1. The molecule has 18 heavy (non-hydrogen) atoms. The Balaban J connectivity index is -0.000000251. The van der Waals surface area contributed by atoms with E-state index in [4.69, 9.17) is 0 Å². The lowest BCUT2D eigenvalue weighted by atomic mass is 10.5. The Hall–Kier alpha value is -1.16. The molecule has 0 bridgehead atoms. The van der Waals surface area contributed by atoms with Gasteiger partial charge in [-0.1, -0.05) is 27.4 Å². The van der Waals surface area contributed by atoms with Crippen LogP contribution in [0.2, 0.25) is 0 Å². The number of carbonyl (C=O) groups is 1. The molecule has 0 saturated carbocycles. The summed E-state index contributed by atoms with van der Waals surface area (Å²) < 4.78 is 4.46. The Morgan fingerprint density at radius 1 is 1.33 bits per heavy atom. The van der Waals surface area contributed by atoms with Gasteiger partial charge in [-0.05, 0) is 19.6 Å². The van der Waals surface area contributed by atoms with Crippen molar-refractivity contribution in [1.29, 1.82) is 0 Å². The third-order valence-corrected chi connectivity index (χ3v) is 2.02. The summed E-state index contributed by atoms with van der Waals surface area (Å²) >= 11 is 0. The predicted octanol–water partition coefficient (Wildman–Crippen LogP) is 1.82. The summed E-state index contributed by atoms with van der Waals surface area (Å²) in [6.45, 7) is 13.6. The number of rotatable bonds is 7. The van der Waals surface area contributed by atoms with Crippen molar-refractivity contribution in [2.75, 3.05) is 32.8 Å². The van der Waals surface area contributed by atoms with Crippen LogP contribution in [0.3, 0.4) is 0 Å². The van der Waals surface area contributed by atoms with E-state index in [-0.39, 0.29) is 25.6 Å². The number of nitrogens with zero attached hydrogens (tertiary/aromatic N) is 2. The van der Waals surface area contributed by atoms with Crippen molar-refractivity contribution in [3.63, 3.8) is 0 Å². The van der Waals surface area contributed by atoms with Crippen LogP contribution in [0.4, 0.5) is 0 Å². The van der Waals surface area contributed by atoms with Crippen LogP contribution in [0, 0.1) is 0 Å². The minimum absolute atomic E-state index is 0. The molecule has 0 aliphatic rings. The summed E-state index contributed by atoms with van der Waals surface area (Å²) in [5.41, 5.74) is 0. The number of aliphatic imine (C=N–C) groups is 1. The van der Waals surface area contributed by atoms with Gasteiger partial charge in [0.1, 0.15) is 6.61 Å². The van der Waals surface area contributed by atoms with Gasteiger partial charge in [0, 0.05) is 6.08 Å². The zero-order chi connectivity index (χ0) is 13.5. The molecule has 0 amide bonds. The molecule has 5 nitrogen and oxygen atoms in total. The second-order valence-corrected chi connectivity index (χ2v) is 2.96. The first-order valence-electron chi connectivity index (χ1n) is 5.71. The summed E-state index contributed by atoms with van der Waals surface area (Å²) in [5.74, 6) is -0.513. The summed E-state index contributed by atoms with van der Waals surface area (Å²) in [7, 11) is 0. The van der Waals surface area contributed by atoms with Crippen molar-refractivity contribution in [3.05, 3.63) is 12.7 Å². The van der Waals surface area contributed by atoms with E-state index in [2.05, 4.69) is 42.0 Å². The maximum absolute atomic E-state index is 10.3. The highest BCUT2D eigenvalue weighted by Gasteiger charge is 1.91. The van der Waals surface area contributed by atoms with Crippen molar-refractivity contribution in [2.24, 2.45) is 4.99 Å². The van der Waals surface area contributed by atoms with Crippen molar-refractivity contribution < 1.29 is 14.3 Å². The zero-order valence-corrected chi connectivity index (χ0v) is 12.2. The maximum Gasteiger partial charge on any atom is 0.330 e. The second kappa shape index (κ2) is 18.2. The molecule has 0 rings (SSSR count). The van der Waals surface area contributed by atoms with Crippen molar-refractivity contribution in [3.8, 4) is 0 Å². The highest BCUT2D eigenvalue weighted by atomic mass is 35.5. The van der Waals surface area contributed by atoms with Crippen molar-refractivity contribution in [1.82, 2.24) is 4.90 Å². The van der Waals surface area contributed by atoms with Crippen molar-refractivity contribution >= 4 is 24.5 Å². The van der Waals surface area contributed by atoms with Gasteiger partial charge in [-0.3, -0.25) is 0 Å². The van der Waals surface area contributed by atoms with Crippen LogP contribution < -0.4 is 0 Å². The smallest absolute Gasteiger partial charge is 0.330 e. The average Bonchev–Trinajstić information content (AvgIpc) is 2.37. The Kier molecular flexibility index (Phi) is 22.3. The molecular weight excluding hydrogens is 256 g/mol. The fourth-order valence-corrected chi connectivity index (χ4v) is 0.967. The molecule has 0 atom stereocenters. The number of hydrogen-bond donors (Lipinski definition) is 0. The number of isocyanates is 1. The summed E-state index contributed by atoms with van der Waals surface area (Å²) in [4.78, 5) is 25.3. The lowest BCUT2D eigenvalue weighted by molar-refractivity contribution is -0.137. The number of hydrogen-bond acceptors (Lipinski definition) is 5. The van der Waals surface area contributed by atoms with E-state index in [1.807, 2.05) is 0 Å². The van der Waals surface area contributed by atoms with E-state index < -0.39 is 5.97 Å². The molecule has 0 aromatic rings. The lowest BCUT2D eigenvalue weighted by Gasteiger charge is -2.13. The molecule has 0 aromatic carbocycles. The number of esters is 1. The molecule has 0 aromatic heterocycles. The van der Waals surface area contributed by atoms with Crippen LogP contribution in [-0.2, 0) is 14.3 Å². The lowest BCUT2D eigenvalue weighted by Crippen LogP contribution is -2.21. The quantitative estimate of drug-likeness (QED) is 0.234. The highest BCUT2D eigenvalue weighted by molar-refractivity contribution is 5.85. The fraction of sp³-hybridized carbons (Fsp3) is 0.667. The van der Waals surface area contributed by atoms with Gasteiger partial charge in [-0.15, -0.1) is 12.4 Å². The van der Waals surface area contributed by atoms with Crippen LogP contribution in [0.25, 0.3) is 0 Å². The molecule has 0 heterocycles. The van der Waals surface area contributed by atoms with Gasteiger partial charge in [0.2, 0.25) is 6.08 Å². The van der Waals surface area contributed by atoms with Gasteiger partial charge in [0.25, 0.3) is 0 Å². The normalized spacial score (nSPS) is 8.22. The van der Waals surface area contributed by atoms with Crippen LogP contribution in [0.5, 0.6) is 0 Å². The minimum atomic E-state index is -0.513. The first-order valence-corrected chi connectivity index (χ1v) is 5.71. The average molecular weight is 279 g/mol. The third-order valence-electron chi connectivity index (χ3n) is 2.02. The molecule has 6 heteroatoms. The maximum atomic E-state index is 10.3. The fourth-order valence-electron chi connectivity index (χ4n) is 0.967. The molecule has 0 spiro atoms. The van der Waals surface area contributed by atoms with Crippen LogP contribution in [0.15, 0.2) is 17.6 Å². The largest absolute Gasteiger partial charge is 0.461 e. The van der Waals surface area contributed by atoms with E-state index >= 15 is 0 Å². The molecule has 0 aliphatic heterocycles. The minimum Gasteiger partial charge on any atom is -0.461 e. The van der Waals surface area contributed by atoms with Gasteiger partial charge in [0.05, 0.1) is 6.54 Å². The molecule has 0 fully saturated rings. The summed E-state index contributed by atoms with van der Waals surface area (Å²) in [5, 5.41) is 0. The molecule has 0 saturated heterocycles. The Bertz CT molecular complexity index is 244. The number of halogens is 1. The first-order chi connectivity index (χ1) is 8.15. The van der Waals surface area contributed by atoms with Gasteiger partial charge in [-0.25, -0.2) is 14.6 Å². The molecule has 0 aliphatic carbocycles. The van der Waals surface area contributed by atoms with E-state index in [1.165, 1.54) is 25.7 Å². The predicted molar refractivity (Wildman–Crippen MR) is 74.9 cm³/mol. The summed E-state index contributed by atoms with van der Waals surface area (Å²) in [6.07, 6.45) is 2.36. The third kappa shape index (κ3) is 17.2. The van der Waals surface area contributed by atoms with Crippen LogP contribution >= 0.6 is 12.4 Å². The molecule has 0 radical (unpaired) electrons. The second-order valence-electron chi connectivity index (χ2n) is 2.96. The van der Waals surface area contributed by atoms with Gasteiger partial charge >= 0.3 is 5.97 Å². The van der Waals surface area contributed by atoms with Crippen LogP contribution in [-0.4, -0.2) is 49.7 Å². The number of ether oxygens (including phenoxy) is 1. The van der Waals surface area contributed by atoms with E-state index in [1.54, 1.807) is 0 Å². The Labute approximate surface area is 115 Å². The Morgan fingerprint density at radius 3 is 2.11 bits per heavy atom. The van der Waals surface area contributed by atoms with E-state index in [9.17, 15) is 9.59 Å². The van der Waals surface area contributed by atoms with E-state index in [0.717, 1.165) is 6.08 Å². The molecule has 0 unspecified atom stereocenters. The highest BCUT2D eigenvalue weighted by Crippen LogP contribution is 1.81. The van der Waals surface area contributed by atoms with Crippen molar-refractivity contribution in [2.45, 2.75) is 20.8 Å². The SMILES string of the molecule is C=CC(=O)OCCN=C=O.CCN(CC)CC.Cl. The molecular formula is C12H23ClN2O3. The zero-order valence-electron chi connectivity index (χ0n) is 11.3.